The van der Waals surface area contributed by atoms with Crippen molar-refractivity contribution in [3.05, 3.63) is 49.8 Å². The van der Waals surface area contributed by atoms with Gasteiger partial charge in [0.25, 0.3) is 0 Å². The Kier molecular flexibility index (Phi) is 8.47. The van der Waals surface area contributed by atoms with Gasteiger partial charge in [-0.05, 0) is 61.2 Å². The summed E-state index contributed by atoms with van der Waals surface area (Å²) in [7, 11) is 0. The van der Waals surface area contributed by atoms with Gasteiger partial charge in [0.1, 0.15) is 12.8 Å². The number of alkyl halides is 3. The number of aliphatic hydroxyl groups excluding tert-OH is 1. The number of halogens is 3. The van der Waals surface area contributed by atoms with Gasteiger partial charge < -0.3 is 14.7 Å². The lowest BCUT2D eigenvalue weighted by Crippen LogP contribution is -2.69. The van der Waals surface area contributed by atoms with Crippen LogP contribution in [0.3, 0.4) is 0 Å². The van der Waals surface area contributed by atoms with Crippen LogP contribution in [0.5, 0.6) is 0 Å². The predicted octanol–water partition coefficient (Wildman–Crippen LogP) is 5.48. The molecule has 6 nitrogen and oxygen atoms in total. The van der Waals surface area contributed by atoms with Crippen LogP contribution in [0.2, 0.25) is 0 Å². The van der Waals surface area contributed by atoms with Gasteiger partial charge in [0.15, 0.2) is 17.2 Å². The first kappa shape index (κ1) is 30.9. The lowest BCUT2D eigenvalue weighted by molar-refractivity contribution is -0.211. The van der Waals surface area contributed by atoms with Gasteiger partial charge in [-0.2, -0.15) is 0 Å². The zero-order valence-electron chi connectivity index (χ0n) is 23.2. The molecule has 1 aliphatic heterocycles. The third-order valence-electron chi connectivity index (χ3n) is 10.2. The summed E-state index contributed by atoms with van der Waals surface area (Å²) in [5, 5.41) is 11.4. The molecule has 4 fully saturated rings. The van der Waals surface area contributed by atoms with Crippen LogP contribution in [0.4, 0.5) is 18.0 Å². The molecular formula is C30H40F3NO5. The molecule has 1 unspecified atom stereocenters. The van der Waals surface area contributed by atoms with E-state index in [4.69, 9.17) is 4.74 Å². The van der Waals surface area contributed by atoms with Crippen LogP contribution in [0, 0.1) is 34.0 Å². The van der Waals surface area contributed by atoms with E-state index in [9.17, 15) is 23.9 Å². The van der Waals surface area contributed by atoms with Crippen molar-refractivity contribution in [1.82, 2.24) is 4.90 Å². The van der Waals surface area contributed by atoms with Crippen molar-refractivity contribution in [3.8, 4) is 0 Å². The molecule has 0 radical (unpaired) electrons. The van der Waals surface area contributed by atoms with Gasteiger partial charge in [-0.25, -0.2) is 18.0 Å². The fourth-order valence-corrected chi connectivity index (χ4v) is 8.69. The first-order valence-corrected chi connectivity index (χ1v) is 13.5. The van der Waals surface area contributed by atoms with Crippen LogP contribution < -0.4 is 0 Å². The summed E-state index contributed by atoms with van der Waals surface area (Å²) in [6.07, 6.45) is 0.666. The zero-order valence-corrected chi connectivity index (χ0v) is 23.2. The minimum atomic E-state index is -2.27. The van der Waals surface area contributed by atoms with Crippen LogP contribution in [0.1, 0.15) is 47.0 Å². The van der Waals surface area contributed by atoms with E-state index in [0.717, 1.165) is 12.3 Å². The third-order valence-corrected chi connectivity index (χ3v) is 10.2. The van der Waals surface area contributed by atoms with Crippen LogP contribution in [-0.4, -0.2) is 65.4 Å². The van der Waals surface area contributed by atoms with E-state index in [1.165, 1.54) is 24.0 Å². The number of hydrogen-bond acceptors (Lipinski definition) is 5. The minimum absolute atomic E-state index is 0.0255. The van der Waals surface area contributed by atoms with E-state index in [2.05, 4.69) is 19.7 Å². The Bertz CT molecular complexity index is 1090. The van der Waals surface area contributed by atoms with E-state index in [1.807, 2.05) is 13.8 Å². The first-order valence-electron chi connectivity index (χ1n) is 13.5. The Morgan fingerprint density at radius 1 is 1.23 bits per heavy atom. The Morgan fingerprint density at radius 2 is 1.87 bits per heavy atom. The number of likely N-dealkylation sites (tertiary alicyclic amines) is 1. The summed E-state index contributed by atoms with van der Waals surface area (Å²) in [4.78, 5) is 39.0. The second-order valence-corrected chi connectivity index (χ2v) is 11.3. The highest BCUT2D eigenvalue weighted by Gasteiger charge is 2.78. The van der Waals surface area contributed by atoms with Crippen LogP contribution in [0.15, 0.2) is 49.8 Å². The van der Waals surface area contributed by atoms with Crippen LogP contribution in [0.25, 0.3) is 0 Å². The summed E-state index contributed by atoms with van der Waals surface area (Å²) in [5.41, 5.74) is -6.20. The number of rotatable bonds is 3. The Hall–Kier alpha value is -2.68. The van der Waals surface area contributed by atoms with Crippen molar-refractivity contribution >= 4 is 17.7 Å². The quantitative estimate of drug-likeness (QED) is 0.371. The average Bonchev–Trinajstić information content (AvgIpc) is 3.43. The largest absolute Gasteiger partial charge is 0.419 e. The number of carbonyl (C=O) groups is 3. The topological polar surface area (TPSA) is 83.9 Å². The van der Waals surface area contributed by atoms with Crippen LogP contribution >= 0.6 is 0 Å². The summed E-state index contributed by atoms with van der Waals surface area (Å²) >= 11 is 0. The molecule has 3 saturated carbocycles. The first-order chi connectivity index (χ1) is 18.4. The maximum Gasteiger partial charge on any atom is 0.414 e. The molecule has 4 aliphatic carbocycles. The number of aliphatic hydroxyl groups is 1. The molecule has 0 aromatic heterocycles. The van der Waals surface area contributed by atoms with Crippen molar-refractivity contribution in [2.45, 2.75) is 64.9 Å². The predicted molar refractivity (Wildman–Crippen MR) is 142 cm³/mol. The highest BCUT2D eigenvalue weighted by Crippen LogP contribution is 2.74. The van der Waals surface area contributed by atoms with Crippen molar-refractivity contribution in [3.63, 3.8) is 0 Å². The number of Topliss-reactive ketones (excluding diaryl/α,β-unsaturated/α-hetero) is 1. The lowest BCUT2D eigenvalue weighted by atomic mass is 9.43. The number of allylic oxidation sites excluding steroid dienone is 4. The van der Waals surface area contributed by atoms with E-state index < -0.39 is 76.3 Å². The molecule has 1 N–H and O–H groups in total. The number of fused-ring (bicyclic) bond motifs is 7. The molecule has 1 saturated heterocycles. The van der Waals surface area contributed by atoms with Gasteiger partial charge in [-0.15, -0.1) is 13.2 Å². The number of hydrogen-bond donors (Lipinski definition) is 1. The van der Waals surface area contributed by atoms with Crippen LogP contribution in [-0.2, 0) is 14.3 Å². The second-order valence-electron chi connectivity index (χ2n) is 11.3. The summed E-state index contributed by atoms with van der Waals surface area (Å²) < 4.78 is 51.7. The highest BCUT2D eigenvalue weighted by molar-refractivity contribution is 6.01. The number of nitrogens with zero attached hydrogens (tertiary/aromatic N) is 1. The molecular weight excluding hydrogens is 511 g/mol. The van der Waals surface area contributed by atoms with Gasteiger partial charge in [-0.1, -0.05) is 33.4 Å². The normalized spacial score (nSPS) is 43.2. The molecule has 1 heterocycles. The van der Waals surface area contributed by atoms with E-state index in [1.54, 1.807) is 6.92 Å². The van der Waals surface area contributed by atoms with Gasteiger partial charge in [0.05, 0.1) is 17.8 Å². The number of ketones is 2. The molecule has 9 atom stereocenters. The average molecular weight is 552 g/mol. The van der Waals surface area contributed by atoms with Crippen molar-refractivity contribution < 1.29 is 37.4 Å². The molecule has 0 aromatic rings. The third kappa shape index (κ3) is 3.90. The van der Waals surface area contributed by atoms with Gasteiger partial charge >= 0.3 is 6.09 Å². The standard InChI is InChI=1S/C26H30F3NO5.C2H6.C2H4/c1-4-35-22(34)30-12-14-7-16-17-9-19(28)18-8-15(31)5-6-23(18,2)26(17,29)20(32)10-24(16,3)25(14,13-30)21(33)11-27;2*1-2/h4-6,8,14,16-17,19-20,32H,1,7,9-13H2,2-3H3;1-2H3;1-2H2/t14-,16?,17-,19-,20-,23-,24-,25+,26-;;/m0../s1. The summed E-state index contributed by atoms with van der Waals surface area (Å²) in [5.74, 6) is -3.10. The monoisotopic (exact) mass is 551 g/mol. The molecule has 39 heavy (non-hydrogen) atoms. The molecule has 0 spiro atoms. The minimum Gasteiger partial charge on any atom is -0.419 e. The smallest absolute Gasteiger partial charge is 0.414 e. The molecule has 216 valence electrons. The van der Waals surface area contributed by atoms with Gasteiger partial charge in [0.2, 0.25) is 0 Å². The molecule has 9 heteroatoms. The Balaban J connectivity index is 0.00000100. The molecule has 0 bridgehead atoms. The molecule has 5 aliphatic rings. The molecule has 5 rings (SSSR count). The van der Waals surface area contributed by atoms with Crippen molar-refractivity contribution in [1.29, 1.82) is 0 Å². The number of carbonyl (C=O) groups excluding carboxylic acids is 3. The Labute approximate surface area is 228 Å². The second kappa shape index (κ2) is 10.7. The highest BCUT2D eigenvalue weighted by atomic mass is 19.1. The molecule has 1 amide bonds. The summed E-state index contributed by atoms with van der Waals surface area (Å²) in [6, 6.07) is 0. The SMILES string of the molecule is C=C.C=COC(=O)N1C[C@@H]2CC3[C@@H]4C[C@H](F)C5=CC(=O)C=C[C@]5(C)[C@@]4(F)[C@@H](O)C[C@]3(C)[C@]2(C(=O)CF)C1.CC. The van der Waals surface area contributed by atoms with E-state index >= 15 is 8.78 Å². The maximum atomic E-state index is 17.3. The van der Waals surface area contributed by atoms with E-state index in [-0.39, 0.29) is 37.9 Å². The van der Waals surface area contributed by atoms with E-state index in [0.29, 0.717) is 0 Å². The Morgan fingerprint density at radius 3 is 2.46 bits per heavy atom. The maximum absolute atomic E-state index is 17.3. The summed E-state index contributed by atoms with van der Waals surface area (Å²) in [6.45, 7) is 15.4. The molecule has 0 aromatic carbocycles. The number of ether oxygens (including phenoxy) is 1. The fourth-order valence-electron chi connectivity index (χ4n) is 8.69. The van der Waals surface area contributed by atoms with Crippen molar-refractivity contribution in [2.75, 3.05) is 19.8 Å². The lowest BCUT2D eigenvalue weighted by Gasteiger charge is -2.63. The van der Waals surface area contributed by atoms with Crippen molar-refractivity contribution in [2.24, 2.45) is 34.0 Å². The van der Waals surface area contributed by atoms with Gasteiger partial charge in [-0.3, -0.25) is 9.59 Å². The zero-order chi connectivity index (χ0) is 29.6. The number of amides is 1. The van der Waals surface area contributed by atoms with Gasteiger partial charge in [0, 0.05) is 24.4 Å². The fraction of sp³-hybridized carbons (Fsp3) is 0.633.